The second kappa shape index (κ2) is 7.91. The number of benzene rings is 2. The molecule has 26 heavy (non-hydrogen) atoms. The number of fused-ring (bicyclic) bond motifs is 1. The van der Waals surface area contributed by atoms with E-state index in [4.69, 9.17) is 9.47 Å². The molecule has 0 radical (unpaired) electrons. The van der Waals surface area contributed by atoms with Crippen LogP contribution >= 0.6 is 0 Å². The Morgan fingerprint density at radius 1 is 1.23 bits per heavy atom. The maximum absolute atomic E-state index is 12.3. The fourth-order valence-electron chi connectivity index (χ4n) is 2.88. The molecular formula is C20H22N2O4. The Hall–Kier alpha value is -3.02. The van der Waals surface area contributed by atoms with E-state index in [1.165, 1.54) is 0 Å². The van der Waals surface area contributed by atoms with Gasteiger partial charge in [0.25, 0.3) is 5.91 Å². The van der Waals surface area contributed by atoms with Crippen molar-refractivity contribution in [2.75, 3.05) is 30.5 Å². The summed E-state index contributed by atoms with van der Waals surface area (Å²) in [5.74, 6) is 1.22. The van der Waals surface area contributed by atoms with Crippen LogP contribution in [0.4, 0.5) is 11.4 Å². The normalized spacial score (nSPS) is 13.0. The summed E-state index contributed by atoms with van der Waals surface area (Å²) in [5.41, 5.74) is 2.24. The van der Waals surface area contributed by atoms with Gasteiger partial charge in [-0.3, -0.25) is 9.59 Å². The summed E-state index contributed by atoms with van der Waals surface area (Å²) in [6.07, 6.45) is 1.11. The van der Waals surface area contributed by atoms with Crippen LogP contribution in [0.2, 0.25) is 0 Å². The predicted molar refractivity (Wildman–Crippen MR) is 99.9 cm³/mol. The van der Waals surface area contributed by atoms with Crippen LogP contribution in [0.15, 0.2) is 42.5 Å². The summed E-state index contributed by atoms with van der Waals surface area (Å²) in [4.78, 5) is 26.1. The molecule has 6 heteroatoms. The largest absolute Gasteiger partial charge is 0.497 e. The average Bonchev–Trinajstić information content (AvgIpc) is 2.65. The molecule has 0 unspecified atom stereocenters. The molecule has 2 aromatic rings. The van der Waals surface area contributed by atoms with Crippen molar-refractivity contribution in [3.05, 3.63) is 48.0 Å². The minimum absolute atomic E-state index is 0.0518. The summed E-state index contributed by atoms with van der Waals surface area (Å²) in [6.45, 7) is 2.69. The quantitative estimate of drug-likeness (QED) is 0.866. The first-order chi connectivity index (χ1) is 12.6. The van der Waals surface area contributed by atoms with Gasteiger partial charge in [-0.05, 0) is 42.3 Å². The Labute approximate surface area is 152 Å². The van der Waals surface area contributed by atoms with Crippen LogP contribution in [0, 0.1) is 0 Å². The standard InChI is InChI=1S/C20H22N2O4/c1-3-10-22-17-12-15(6-9-18(17)26-13-20(22)24)21-19(23)11-14-4-7-16(25-2)8-5-14/h4-9,12H,3,10-11,13H2,1-2H3,(H,21,23). The Morgan fingerprint density at radius 2 is 2.00 bits per heavy atom. The molecule has 0 bridgehead atoms. The molecule has 0 atom stereocenters. The monoisotopic (exact) mass is 354 g/mol. The van der Waals surface area contributed by atoms with E-state index >= 15 is 0 Å². The molecular weight excluding hydrogens is 332 g/mol. The maximum Gasteiger partial charge on any atom is 0.265 e. The van der Waals surface area contributed by atoms with Crippen LogP contribution in [-0.4, -0.2) is 32.1 Å². The third-order valence-electron chi connectivity index (χ3n) is 4.16. The first-order valence-electron chi connectivity index (χ1n) is 8.60. The van der Waals surface area contributed by atoms with E-state index in [2.05, 4.69) is 5.32 Å². The van der Waals surface area contributed by atoms with Gasteiger partial charge in [-0.25, -0.2) is 0 Å². The second-order valence-electron chi connectivity index (χ2n) is 6.09. The van der Waals surface area contributed by atoms with Gasteiger partial charge in [-0.15, -0.1) is 0 Å². The molecule has 0 saturated heterocycles. The van der Waals surface area contributed by atoms with Crippen LogP contribution < -0.4 is 19.7 Å². The zero-order chi connectivity index (χ0) is 18.5. The lowest BCUT2D eigenvalue weighted by Gasteiger charge is -2.29. The van der Waals surface area contributed by atoms with Crippen LogP contribution in [0.25, 0.3) is 0 Å². The van der Waals surface area contributed by atoms with Crippen molar-refractivity contribution in [1.29, 1.82) is 0 Å². The van der Waals surface area contributed by atoms with Gasteiger partial charge in [0.1, 0.15) is 11.5 Å². The minimum atomic E-state index is -0.125. The SMILES string of the molecule is CCCN1C(=O)COc2ccc(NC(=O)Cc3ccc(OC)cc3)cc21. The van der Waals surface area contributed by atoms with E-state index in [1.807, 2.05) is 31.2 Å². The smallest absolute Gasteiger partial charge is 0.265 e. The number of amides is 2. The molecule has 1 heterocycles. The summed E-state index contributed by atoms with van der Waals surface area (Å²) in [6, 6.07) is 12.7. The molecule has 1 aliphatic heterocycles. The number of carbonyl (C=O) groups is 2. The first-order valence-corrected chi connectivity index (χ1v) is 8.60. The Bertz CT molecular complexity index is 802. The maximum atomic E-state index is 12.3. The molecule has 2 aromatic carbocycles. The van der Waals surface area contributed by atoms with Crippen molar-refractivity contribution in [2.24, 2.45) is 0 Å². The molecule has 3 rings (SSSR count). The van der Waals surface area contributed by atoms with Crippen molar-refractivity contribution < 1.29 is 19.1 Å². The highest BCUT2D eigenvalue weighted by atomic mass is 16.5. The van der Waals surface area contributed by atoms with E-state index in [-0.39, 0.29) is 24.8 Å². The van der Waals surface area contributed by atoms with E-state index in [0.717, 1.165) is 17.7 Å². The van der Waals surface area contributed by atoms with Crippen LogP contribution in [0.5, 0.6) is 11.5 Å². The Morgan fingerprint density at radius 3 is 2.69 bits per heavy atom. The molecule has 2 amide bonds. The minimum Gasteiger partial charge on any atom is -0.497 e. The number of rotatable bonds is 6. The number of nitrogens with zero attached hydrogens (tertiary/aromatic N) is 1. The summed E-state index contributed by atoms with van der Waals surface area (Å²) in [7, 11) is 1.61. The van der Waals surface area contributed by atoms with Crippen molar-refractivity contribution in [3.8, 4) is 11.5 Å². The van der Waals surface area contributed by atoms with Gasteiger partial charge in [-0.1, -0.05) is 19.1 Å². The Kier molecular flexibility index (Phi) is 5.41. The number of anilines is 2. The van der Waals surface area contributed by atoms with Crippen molar-refractivity contribution in [1.82, 2.24) is 0 Å². The highest BCUT2D eigenvalue weighted by Gasteiger charge is 2.25. The molecule has 1 aliphatic rings. The summed E-state index contributed by atoms with van der Waals surface area (Å²) < 4.78 is 10.6. The Balaban J connectivity index is 1.71. The van der Waals surface area contributed by atoms with Gasteiger partial charge >= 0.3 is 0 Å². The third kappa shape index (κ3) is 3.96. The van der Waals surface area contributed by atoms with Crippen molar-refractivity contribution >= 4 is 23.2 Å². The van der Waals surface area contributed by atoms with Crippen LogP contribution in [-0.2, 0) is 16.0 Å². The predicted octanol–water partition coefficient (Wildman–Crippen LogP) is 3.01. The number of nitrogens with one attached hydrogen (secondary N) is 1. The molecule has 0 aromatic heterocycles. The van der Waals surface area contributed by atoms with E-state index < -0.39 is 0 Å². The van der Waals surface area contributed by atoms with Gasteiger partial charge in [-0.2, -0.15) is 0 Å². The number of ether oxygens (including phenoxy) is 2. The first kappa shape index (κ1) is 17.8. The second-order valence-corrected chi connectivity index (χ2v) is 6.09. The fraction of sp³-hybridized carbons (Fsp3) is 0.300. The van der Waals surface area contributed by atoms with Crippen molar-refractivity contribution in [2.45, 2.75) is 19.8 Å². The molecule has 0 saturated carbocycles. The van der Waals surface area contributed by atoms with E-state index in [1.54, 1.807) is 30.2 Å². The van der Waals surface area contributed by atoms with Crippen LogP contribution in [0.3, 0.4) is 0 Å². The average molecular weight is 354 g/mol. The molecule has 6 nitrogen and oxygen atoms in total. The van der Waals surface area contributed by atoms with Gasteiger partial charge in [0.15, 0.2) is 6.61 Å². The van der Waals surface area contributed by atoms with Crippen LogP contribution in [0.1, 0.15) is 18.9 Å². The van der Waals surface area contributed by atoms with Gasteiger partial charge in [0.2, 0.25) is 5.91 Å². The fourth-order valence-corrected chi connectivity index (χ4v) is 2.88. The van der Waals surface area contributed by atoms with E-state index in [0.29, 0.717) is 23.7 Å². The lowest BCUT2D eigenvalue weighted by molar-refractivity contribution is -0.121. The van der Waals surface area contributed by atoms with Gasteiger partial charge in [0.05, 0.1) is 19.2 Å². The topological polar surface area (TPSA) is 67.9 Å². The highest BCUT2D eigenvalue weighted by molar-refractivity contribution is 5.99. The zero-order valence-electron chi connectivity index (χ0n) is 15.0. The number of hydrogen-bond acceptors (Lipinski definition) is 4. The molecule has 136 valence electrons. The lowest BCUT2D eigenvalue weighted by Crippen LogP contribution is -2.39. The van der Waals surface area contributed by atoms with Crippen molar-refractivity contribution in [3.63, 3.8) is 0 Å². The summed E-state index contributed by atoms with van der Waals surface area (Å²) in [5, 5.41) is 2.88. The molecule has 0 spiro atoms. The molecule has 0 fully saturated rings. The number of hydrogen-bond donors (Lipinski definition) is 1. The van der Waals surface area contributed by atoms with Gasteiger partial charge in [0, 0.05) is 12.2 Å². The zero-order valence-corrected chi connectivity index (χ0v) is 15.0. The lowest BCUT2D eigenvalue weighted by atomic mass is 10.1. The van der Waals surface area contributed by atoms with E-state index in [9.17, 15) is 9.59 Å². The molecule has 0 aliphatic carbocycles. The van der Waals surface area contributed by atoms with Gasteiger partial charge < -0.3 is 19.7 Å². The molecule has 1 N–H and O–H groups in total. The highest BCUT2D eigenvalue weighted by Crippen LogP contribution is 2.34. The third-order valence-corrected chi connectivity index (χ3v) is 4.16. The number of methoxy groups -OCH3 is 1. The number of carbonyl (C=O) groups excluding carboxylic acids is 2. The summed E-state index contributed by atoms with van der Waals surface area (Å²) >= 11 is 0.